The summed E-state index contributed by atoms with van der Waals surface area (Å²) in [4.78, 5) is 32.2. The molecule has 0 unspecified atom stereocenters. The van der Waals surface area contributed by atoms with Gasteiger partial charge in [-0.3, -0.25) is 14.8 Å². The number of aromatic amines is 2. The second kappa shape index (κ2) is 5.89. The van der Waals surface area contributed by atoms with Crippen LogP contribution in [-0.2, 0) is 0 Å². The minimum atomic E-state index is -0.783. The van der Waals surface area contributed by atoms with Crippen LogP contribution in [0.5, 0.6) is 11.6 Å². The molecule has 2 heterocycles. The third kappa shape index (κ3) is 2.61. The average Bonchev–Trinajstić information content (AvgIpc) is 2.97. The summed E-state index contributed by atoms with van der Waals surface area (Å²) in [6.45, 7) is 0. The molecule has 1 aliphatic heterocycles. The predicted octanol–water partition coefficient (Wildman–Crippen LogP) is 2.15. The third-order valence-corrected chi connectivity index (χ3v) is 4.07. The molecule has 0 bridgehead atoms. The van der Waals surface area contributed by atoms with Crippen LogP contribution in [0.15, 0.2) is 63.1 Å². The highest BCUT2D eigenvalue weighted by Crippen LogP contribution is 2.38. The third-order valence-electron chi connectivity index (χ3n) is 4.07. The first-order chi connectivity index (χ1) is 12.5. The molecule has 4 N–H and O–H groups in total. The fourth-order valence-electron chi connectivity index (χ4n) is 2.85. The number of hydrogen-bond donors (Lipinski definition) is 4. The number of fused-ring (bicyclic) bond motifs is 1. The summed E-state index contributed by atoms with van der Waals surface area (Å²) in [5, 5.41) is 19.5. The lowest BCUT2D eigenvalue weighted by molar-refractivity contribution is 0.447. The molecular formula is C19H13N3O4. The van der Waals surface area contributed by atoms with Crippen LogP contribution >= 0.6 is 0 Å². The monoisotopic (exact) mass is 347 g/mol. The number of phenols is 1. The largest absolute Gasteiger partial charge is 0.508 e. The van der Waals surface area contributed by atoms with Crippen LogP contribution < -0.4 is 11.2 Å². The van der Waals surface area contributed by atoms with Crippen LogP contribution in [0.4, 0.5) is 5.69 Å². The van der Waals surface area contributed by atoms with Gasteiger partial charge < -0.3 is 10.2 Å². The maximum absolute atomic E-state index is 12.1. The van der Waals surface area contributed by atoms with Crippen LogP contribution in [-0.4, -0.2) is 25.9 Å². The summed E-state index contributed by atoms with van der Waals surface area (Å²) in [6, 6.07) is 13.9. The Kier molecular flexibility index (Phi) is 3.54. The van der Waals surface area contributed by atoms with Gasteiger partial charge in [0.1, 0.15) is 11.3 Å². The molecule has 1 aromatic heterocycles. The van der Waals surface area contributed by atoms with Gasteiger partial charge in [-0.1, -0.05) is 18.2 Å². The molecule has 0 atom stereocenters. The van der Waals surface area contributed by atoms with Crippen molar-refractivity contribution in [3.05, 3.63) is 86.1 Å². The molecule has 0 spiro atoms. The minimum Gasteiger partial charge on any atom is -0.508 e. The van der Waals surface area contributed by atoms with Gasteiger partial charge in [0, 0.05) is 16.7 Å². The van der Waals surface area contributed by atoms with Crippen LogP contribution in [0.3, 0.4) is 0 Å². The van der Waals surface area contributed by atoms with Crippen LogP contribution in [0.25, 0.3) is 11.6 Å². The molecule has 0 saturated heterocycles. The molecule has 7 heteroatoms. The maximum Gasteiger partial charge on any atom is 0.328 e. The van der Waals surface area contributed by atoms with Crippen molar-refractivity contribution in [2.45, 2.75) is 0 Å². The number of hydrogen-bond acceptors (Lipinski definition) is 5. The molecule has 0 fully saturated rings. The normalized spacial score (nSPS) is 14.3. The van der Waals surface area contributed by atoms with Gasteiger partial charge in [0.2, 0.25) is 5.88 Å². The number of nitrogens with zero attached hydrogens (tertiary/aromatic N) is 1. The zero-order valence-electron chi connectivity index (χ0n) is 13.4. The second-order valence-corrected chi connectivity index (χ2v) is 5.75. The molecule has 128 valence electrons. The fourth-order valence-corrected chi connectivity index (χ4v) is 2.85. The number of para-hydroxylation sites is 1. The van der Waals surface area contributed by atoms with Gasteiger partial charge in [0.25, 0.3) is 5.56 Å². The van der Waals surface area contributed by atoms with Gasteiger partial charge in [-0.25, -0.2) is 9.79 Å². The first-order valence-corrected chi connectivity index (χ1v) is 7.78. The highest BCUT2D eigenvalue weighted by atomic mass is 16.3. The van der Waals surface area contributed by atoms with E-state index in [9.17, 15) is 19.8 Å². The van der Waals surface area contributed by atoms with Crippen molar-refractivity contribution in [2.75, 3.05) is 0 Å². The van der Waals surface area contributed by atoms with E-state index in [1.54, 1.807) is 24.3 Å². The summed E-state index contributed by atoms with van der Waals surface area (Å²) in [7, 11) is 0. The van der Waals surface area contributed by atoms with E-state index in [1.165, 1.54) is 6.08 Å². The van der Waals surface area contributed by atoms with Gasteiger partial charge in [-0.15, -0.1) is 0 Å². The fraction of sp³-hybridized carbons (Fsp3) is 0. The average molecular weight is 347 g/mol. The van der Waals surface area contributed by atoms with Crippen molar-refractivity contribution in [1.29, 1.82) is 0 Å². The Morgan fingerprint density at radius 1 is 0.923 bits per heavy atom. The minimum absolute atomic E-state index is 0.0669. The van der Waals surface area contributed by atoms with E-state index in [4.69, 9.17) is 0 Å². The van der Waals surface area contributed by atoms with Crippen molar-refractivity contribution < 1.29 is 10.2 Å². The number of H-pyrrole nitrogens is 2. The number of aromatic hydroxyl groups is 2. The van der Waals surface area contributed by atoms with Gasteiger partial charge >= 0.3 is 5.69 Å². The number of rotatable bonds is 2. The van der Waals surface area contributed by atoms with Gasteiger partial charge in [-0.2, -0.15) is 0 Å². The summed E-state index contributed by atoms with van der Waals surface area (Å²) in [5.74, 6) is -0.384. The summed E-state index contributed by atoms with van der Waals surface area (Å²) < 4.78 is 0. The Balaban J connectivity index is 1.95. The predicted molar refractivity (Wildman–Crippen MR) is 98.0 cm³/mol. The lowest BCUT2D eigenvalue weighted by atomic mass is 9.96. The molecule has 1 aliphatic rings. The van der Waals surface area contributed by atoms with Crippen molar-refractivity contribution in [2.24, 2.45) is 4.99 Å². The van der Waals surface area contributed by atoms with Crippen molar-refractivity contribution in [3.8, 4) is 11.6 Å². The number of allylic oxidation sites excluding steroid dienone is 1. The lowest BCUT2D eigenvalue weighted by Gasteiger charge is -2.07. The molecule has 7 nitrogen and oxygen atoms in total. The van der Waals surface area contributed by atoms with Crippen molar-refractivity contribution >= 4 is 23.0 Å². The van der Waals surface area contributed by atoms with E-state index in [2.05, 4.69) is 15.0 Å². The van der Waals surface area contributed by atoms with Gasteiger partial charge in [-0.05, 0) is 36.4 Å². The number of phenolic OH excluding ortho intramolecular Hbond substituents is 1. The first kappa shape index (κ1) is 15.6. The molecule has 26 heavy (non-hydrogen) atoms. The van der Waals surface area contributed by atoms with Crippen LogP contribution in [0, 0.1) is 0 Å². The molecule has 0 saturated carbocycles. The van der Waals surface area contributed by atoms with Crippen molar-refractivity contribution in [3.63, 3.8) is 0 Å². The Bertz CT molecular complexity index is 1180. The Morgan fingerprint density at radius 3 is 2.38 bits per heavy atom. The quantitative estimate of drug-likeness (QED) is 0.568. The number of aromatic nitrogens is 2. The molecule has 3 aromatic rings. The first-order valence-electron chi connectivity index (χ1n) is 7.78. The maximum atomic E-state index is 12.1. The molecular weight excluding hydrogens is 334 g/mol. The molecule has 2 aromatic carbocycles. The zero-order chi connectivity index (χ0) is 18.3. The zero-order valence-corrected chi connectivity index (χ0v) is 13.4. The van der Waals surface area contributed by atoms with E-state index in [0.717, 1.165) is 16.8 Å². The SMILES string of the molecule is O=c1[nH]c(O)c(/C=C2/C(c3ccc(O)cc3)=Nc3ccccc32)c(=O)[nH]1. The number of nitrogens with one attached hydrogen (secondary N) is 2. The molecule has 0 amide bonds. The highest BCUT2D eigenvalue weighted by Gasteiger charge is 2.23. The Morgan fingerprint density at radius 2 is 1.65 bits per heavy atom. The summed E-state index contributed by atoms with van der Waals surface area (Å²) in [5.41, 5.74) is 1.92. The number of benzene rings is 2. The lowest BCUT2D eigenvalue weighted by Crippen LogP contribution is -2.23. The molecule has 0 aliphatic carbocycles. The van der Waals surface area contributed by atoms with E-state index in [0.29, 0.717) is 11.3 Å². The van der Waals surface area contributed by atoms with Gasteiger partial charge in [0.05, 0.1) is 11.4 Å². The smallest absolute Gasteiger partial charge is 0.328 e. The second-order valence-electron chi connectivity index (χ2n) is 5.75. The topological polar surface area (TPSA) is 119 Å². The van der Waals surface area contributed by atoms with Crippen molar-refractivity contribution in [1.82, 2.24) is 9.97 Å². The molecule has 4 rings (SSSR count). The van der Waals surface area contributed by atoms with E-state index in [1.807, 2.05) is 24.3 Å². The Labute approximate surface area is 146 Å². The van der Waals surface area contributed by atoms with E-state index >= 15 is 0 Å². The highest BCUT2D eigenvalue weighted by molar-refractivity contribution is 6.39. The Hall–Kier alpha value is -3.87. The summed E-state index contributed by atoms with van der Waals surface area (Å²) in [6.07, 6.45) is 1.49. The molecule has 0 radical (unpaired) electrons. The summed E-state index contributed by atoms with van der Waals surface area (Å²) >= 11 is 0. The van der Waals surface area contributed by atoms with Crippen LogP contribution in [0.2, 0.25) is 0 Å². The number of aliphatic imine (C=N–C) groups is 1. The van der Waals surface area contributed by atoms with E-state index in [-0.39, 0.29) is 11.3 Å². The van der Waals surface area contributed by atoms with Gasteiger partial charge in [0.15, 0.2) is 0 Å². The standard InChI is InChI=1S/C19H13N3O4/c23-11-7-5-10(6-8-11)16-13(12-3-1-2-4-15(12)20-16)9-14-17(24)21-19(26)22-18(14)25/h1-9,23H,(H3,21,22,24,25,26)/b13-9+. The van der Waals surface area contributed by atoms with Crippen LogP contribution in [0.1, 0.15) is 16.7 Å². The van der Waals surface area contributed by atoms with E-state index < -0.39 is 17.1 Å².